The van der Waals surface area contributed by atoms with Gasteiger partial charge in [-0.1, -0.05) is 25.1 Å². The molecule has 2 aromatic rings. The van der Waals surface area contributed by atoms with Gasteiger partial charge >= 0.3 is 19.3 Å². The van der Waals surface area contributed by atoms with E-state index in [1.54, 1.807) is 32.0 Å². The van der Waals surface area contributed by atoms with Crippen LogP contribution in [0.4, 0.5) is 10.2 Å². The van der Waals surface area contributed by atoms with E-state index in [0.29, 0.717) is 4.57 Å². The number of carbonyl (C=O) groups excluding carboxylic acids is 1. The van der Waals surface area contributed by atoms with Crippen LogP contribution in [0.1, 0.15) is 29.7 Å². The predicted molar refractivity (Wildman–Crippen MR) is 130 cm³/mol. The number of hydrogen-bond acceptors (Lipinski definition) is 11. The highest BCUT2D eigenvalue weighted by molar-refractivity contribution is 7.54. The van der Waals surface area contributed by atoms with Crippen molar-refractivity contribution in [2.45, 2.75) is 50.9 Å². The molecule has 0 radical (unpaired) electrons. The lowest BCUT2D eigenvalue weighted by atomic mass is 9.95. The van der Waals surface area contributed by atoms with Crippen molar-refractivity contribution < 1.29 is 45.2 Å². The molecule has 1 saturated heterocycles. The number of nitrogens with zero attached hydrogens (tertiary/aromatic N) is 2. The number of aromatic nitrogens is 2. The van der Waals surface area contributed by atoms with Crippen LogP contribution < -0.4 is 15.9 Å². The first kappa shape index (κ1) is 25.8. The molecule has 1 aliphatic heterocycles. The average Bonchev–Trinajstić information content (AvgIpc) is 3.10. The molecule has 4 N–H and O–H groups in total. The molecule has 0 amide bonds. The van der Waals surface area contributed by atoms with Gasteiger partial charge in [-0.15, -0.1) is 0 Å². The average molecular weight is 545 g/mol. The third-order valence-corrected chi connectivity index (χ3v) is 7.24. The van der Waals surface area contributed by atoms with E-state index in [0.717, 1.165) is 12.3 Å². The van der Waals surface area contributed by atoms with E-state index in [-0.39, 0.29) is 11.6 Å². The molecule has 0 aliphatic carbocycles. The zero-order valence-corrected chi connectivity index (χ0v) is 21.3. The Hall–Kier alpha value is -2.83. The SMILES string of the molecule is [2H]C([2H])(OP(=O)(C[C@@H](C)C(=O)OC(C)C)Oc1ccccc1)[C@H]1O[C@@H](n2ccc(N)nc2=O)C(O)(CF)[C@H]1O. The quantitative estimate of drug-likeness (QED) is 0.277. The summed E-state index contributed by atoms with van der Waals surface area (Å²) >= 11 is 0. The molecule has 0 spiro atoms. The van der Waals surface area contributed by atoms with Crippen LogP contribution in [0.5, 0.6) is 5.75 Å². The molecule has 0 bridgehead atoms. The van der Waals surface area contributed by atoms with Gasteiger partial charge in [0.2, 0.25) is 0 Å². The lowest BCUT2D eigenvalue weighted by Crippen LogP contribution is -2.50. The number of ether oxygens (including phenoxy) is 2. The van der Waals surface area contributed by atoms with Gasteiger partial charge in [0.1, 0.15) is 30.4 Å². The van der Waals surface area contributed by atoms with Crippen LogP contribution in [0, 0.1) is 5.92 Å². The molecule has 1 fully saturated rings. The molecule has 2 heterocycles. The summed E-state index contributed by atoms with van der Waals surface area (Å²) in [5.41, 5.74) is 1.56. The molecule has 1 aromatic carbocycles. The number of nitrogen functional groups attached to an aromatic ring is 1. The van der Waals surface area contributed by atoms with Gasteiger partial charge < -0.3 is 29.9 Å². The molecular formula is C23H31FN3O9P. The van der Waals surface area contributed by atoms with E-state index >= 15 is 0 Å². The predicted octanol–water partition coefficient (Wildman–Crippen LogP) is 1.66. The van der Waals surface area contributed by atoms with Crippen molar-refractivity contribution in [2.24, 2.45) is 5.92 Å². The number of para-hydroxylation sites is 1. The molecule has 0 saturated carbocycles. The van der Waals surface area contributed by atoms with Crippen LogP contribution in [-0.4, -0.2) is 69.0 Å². The van der Waals surface area contributed by atoms with Crippen LogP contribution in [0.15, 0.2) is 47.4 Å². The van der Waals surface area contributed by atoms with Crippen LogP contribution in [0.2, 0.25) is 0 Å². The number of rotatable bonds is 11. The Balaban J connectivity index is 1.95. The van der Waals surface area contributed by atoms with Crippen LogP contribution in [0.25, 0.3) is 0 Å². The Morgan fingerprint density at radius 1 is 1.35 bits per heavy atom. The number of benzene rings is 1. The molecule has 1 aromatic heterocycles. The normalized spacial score (nSPS) is 27.2. The second-order valence-corrected chi connectivity index (χ2v) is 10.8. The van der Waals surface area contributed by atoms with Gasteiger partial charge in [-0.2, -0.15) is 4.98 Å². The first-order valence-electron chi connectivity index (χ1n) is 12.3. The Bertz CT molecular complexity index is 1270. The van der Waals surface area contributed by atoms with E-state index in [1.165, 1.54) is 19.1 Å². The molecule has 6 atom stereocenters. The van der Waals surface area contributed by atoms with Gasteiger partial charge in [-0.05, 0) is 32.0 Å². The summed E-state index contributed by atoms with van der Waals surface area (Å²) in [6.07, 6.45) is -6.57. The summed E-state index contributed by atoms with van der Waals surface area (Å²) in [6, 6.07) is 8.74. The second kappa shape index (κ2) is 11.7. The van der Waals surface area contributed by atoms with Gasteiger partial charge in [-0.3, -0.25) is 13.9 Å². The standard InChI is InChI=1S/C23H31FN3O9P/c1-14(2)34-20(29)15(3)12-37(32,36-16-7-5-4-6-8-16)33-11-17-19(28)23(31,13-24)21(35-17)27-10-9-18(25)26-22(27)30/h4-10,14-15,17,19,21,28,31H,11-13H2,1-3H3,(H2,25,26,30)/t15-,17-,19+,21-,23?,37?/m1/s1/i11D2. The van der Waals surface area contributed by atoms with Gasteiger partial charge in [-0.25, -0.2) is 13.8 Å². The molecule has 14 heteroatoms. The van der Waals surface area contributed by atoms with Crippen molar-refractivity contribution in [3.05, 3.63) is 53.1 Å². The van der Waals surface area contributed by atoms with E-state index in [9.17, 15) is 28.8 Å². The molecule has 1 aliphatic rings. The topological polar surface area (TPSA) is 172 Å². The van der Waals surface area contributed by atoms with Crippen LogP contribution >= 0.6 is 7.60 Å². The summed E-state index contributed by atoms with van der Waals surface area (Å²) in [5, 5.41) is 21.7. The zero-order valence-electron chi connectivity index (χ0n) is 22.4. The minimum atomic E-state index is -4.59. The highest BCUT2D eigenvalue weighted by Crippen LogP contribution is 2.51. The van der Waals surface area contributed by atoms with Crippen molar-refractivity contribution in [1.29, 1.82) is 0 Å². The summed E-state index contributed by atoms with van der Waals surface area (Å²) in [7, 11) is -4.59. The maximum atomic E-state index is 14.1. The summed E-state index contributed by atoms with van der Waals surface area (Å²) in [5.74, 6) is -1.99. The third kappa shape index (κ3) is 6.74. The number of aliphatic hydroxyl groups is 2. The lowest BCUT2D eigenvalue weighted by Gasteiger charge is -2.28. The number of esters is 1. The van der Waals surface area contributed by atoms with E-state index in [2.05, 4.69) is 4.98 Å². The molecule has 2 unspecified atom stereocenters. The Labute approximate surface area is 215 Å². The number of halogens is 1. The van der Waals surface area contributed by atoms with Gasteiger partial charge in [0.15, 0.2) is 11.8 Å². The second-order valence-electron chi connectivity index (χ2n) is 8.81. The number of alkyl halides is 1. The third-order valence-electron chi connectivity index (χ3n) is 5.37. The zero-order chi connectivity index (χ0) is 29.2. The van der Waals surface area contributed by atoms with Gasteiger partial charge in [0.05, 0.1) is 27.5 Å². The molecule has 3 rings (SSSR count). The minimum Gasteiger partial charge on any atom is -0.463 e. The Morgan fingerprint density at radius 3 is 2.62 bits per heavy atom. The smallest absolute Gasteiger partial charge is 0.380 e. The van der Waals surface area contributed by atoms with Crippen molar-refractivity contribution in [3.63, 3.8) is 0 Å². The Morgan fingerprint density at radius 2 is 2.03 bits per heavy atom. The van der Waals surface area contributed by atoms with Crippen LogP contribution in [0.3, 0.4) is 0 Å². The number of carbonyl (C=O) groups is 1. The summed E-state index contributed by atoms with van der Waals surface area (Å²) < 4.78 is 66.9. The van der Waals surface area contributed by atoms with Crippen molar-refractivity contribution in [3.8, 4) is 5.75 Å². The minimum absolute atomic E-state index is 0.0200. The number of hydrogen-bond donors (Lipinski definition) is 3. The lowest BCUT2D eigenvalue weighted by molar-refractivity contribution is -0.151. The molecule has 204 valence electrons. The summed E-state index contributed by atoms with van der Waals surface area (Å²) in [6.45, 7) is -0.275. The largest absolute Gasteiger partial charge is 0.463 e. The van der Waals surface area contributed by atoms with E-state index in [4.69, 9.17) is 27.0 Å². The van der Waals surface area contributed by atoms with Crippen LogP contribution in [-0.2, 0) is 23.4 Å². The van der Waals surface area contributed by atoms with E-state index in [1.807, 2.05) is 0 Å². The monoisotopic (exact) mass is 545 g/mol. The maximum Gasteiger partial charge on any atom is 0.380 e. The highest BCUT2D eigenvalue weighted by atomic mass is 31.2. The van der Waals surface area contributed by atoms with Gasteiger partial charge in [0, 0.05) is 6.20 Å². The molecule has 12 nitrogen and oxygen atoms in total. The number of aliphatic hydroxyl groups excluding tert-OH is 1. The van der Waals surface area contributed by atoms with E-state index < -0.39 is 74.7 Å². The fourth-order valence-electron chi connectivity index (χ4n) is 3.51. The number of anilines is 1. The first-order valence-corrected chi connectivity index (χ1v) is 13.1. The Kier molecular flexibility index (Phi) is 8.16. The first-order chi connectivity index (χ1) is 18.1. The van der Waals surface area contributed by atoms with Crippen molar-refractivity contribution >= 4 is 19.4 Å². The highest BCUT2D eigenvalue weighted by Gasteiger charge is 2.57. The summed E-state index contributed by atoms with van der Waals surface area (Å²) in [4.78, 5) is 28.2. The van der Waals surface area contributed by atoms with Crippen molar-refractivity contribution in [2.75, 3.05) is 25.1 Å². The fraction of sp³-hybridized carbons (Fsp3) is 0.522. The van der Waals surface area contributed by atoms with Gasteiger partial charge in [0.25, 0.3) is 0 Å². The molecular weight excluding hydrogens is 512 g/mol. The molecule has 37 heavy (non-hydrogen) atoms. The fourth-order valence-corrected chi connectivity index (χ4v) is 5.23. The maximum absolute atomic E-state index is 14.1. The van der Waals surface area contributed by atoms with Crippen molar-refractivity contribution in [1.82, 2.24) is 9.55 Å². The number of nitrogens with two attached hydrogens (primary N) is 1.